The zero-order valence-electron chi connectivity index (χ0n) is 14.4. The Morgan fingerprint density at radius 1 is 1.29 bits per heavy atom. The predicted molar refractivity (Wildman–Crippen MR) is 99.7 cm³/mol. The van der Waals surface area contributed by atoms with Gasteiger partial charge in [0.15, 0.2) is 5.96 Å². The lowest BCUT2D eigenvalue weighted by Gasteiger charge is -2.28. The Hall–Kier alpha value is -1.26. The standard InChI is InChI=1S/C19H28ClN3O/c1-2-21-18(23-16-6-8-17(24)9-7-16)22-13-19(10-11-19)14-4-3-5-15(20)12-14/h3-5,12,16-17,24H,2,6-11,13H2,1H3,(H2,21,22,23). The summed E-state index contributed by atoms with van der Waals surface area (Å²) in [5.41, 5.74) is 1.46. The zero-order chi connectivity index (χ0) is 17.0. The molecular weight excluding hydrogens is 322 g/mol. The molecule has 0 spiro atoms. The Labute approximate surface area is 149 Å². The smallest absolute Gasteiger partial charge is 0.191 e. The molecule has 132 valence electrons. The third-order valence-electron chi connectivity index (χ3n) is 5.21. The number of guanidine groups is 1. The molecule has 0 aromatic heterocycles. The van der Waals surface area contributed by atoms with Crippen LogP contribution in [0.2, 0.25) is 5.02 Å². The fourth-order valence-electron chi connectivity index (χ4n) is 3.47. The lowest BCUT2D eigenvalue weighted by atomic mass is 9.93. The van der Waals surface area contributed by atoms with E-state index in [-0.39, 0.29) is 11.5 Å². The third kappa shape index (κ3) is 4.42. The molecule has 4 nitrogen and oxygen atoms in total. The molecule has 2 saturated carbocycles. The average Bonchev–Trinajstić information content (AvgIpc) is 3.36. The van der Waals surface area contributed by atoms with Gasteiger partial charge in [-0.05, 0) is 63.1 Å². The first-order valence-electron chi connectivity index (χ1n) is 9.10. The van der Waals surface area contributed by atoms with Crippen molar-refractivity contribution in [3.05, 3.63) is 34.9 Å². The van der Waals surface area contributed by atoms with Crippen molar-refractivity contribution >= 4 is 17.6 Å². The zero-order valence-corrected chi connectivity index (χ0v) is 15.1. The van der Waals surface area contributed by atoms with Crippen LogP contribution in [0.1, 0.15) is 51.0 Å². The van der Waals surface area contributed by atoms with Crippen LogP contribution < -0.4 is 10.6 Å². The minimum absolute atomic E-state index is 0.125. The maximum atomic E-state index is 9.65. The first-order valence-corrected chi connectivity index (χ1v) is 9.48. The third-order valence-corrected chi connectivity index (χ3v) is 5.45. The molecule has 1 aromatic rings. The summed E-state index contributed by atoms with van der Waals surface area (Å²) in [6.45, 7) is 3.73. The highest BCUT2D eigenvalue weighted by atomic mass is 35.5. The topological polar surface area (TPSA) is 56.7 Å². The van der Waals surface area contributed by atoms with Crippen LogP contribution in [0, 0.1) is 0 Å². The van der Waals surface area contributed by atoms with Gasteiger partial charge in [0.2, 0.25) is 0 Å². The number of nitrogens with zero attached hydrogens (tertiary/aromatic N) is 1. The monoisotopic (exact) mass is 349 g/mol. The molecular formula is C19H28ClN3O. The molecule has 0 heterocycles. The summed E-state index contributed by atoms with van der Waals surface area (Å²) in [6.07, 6.45) is 5.99. The number of nitrogens with one attached hydrogen (secondary N) is 2. The summed E-state index contributed by atoms with van der Waals surface area (Å²) in [4.78, 5) is 4.86. The van der Waals surface area contributed by atoms with E-state index in [2.05, 4.69) is 29.7 Å². The van der Waals surface area contributed by atoms with Crippen LogP contribution in [0.25, 0.3) is 0 Å². The Morgan fingerprint density at radius 2 is 2.04 bits per heavy atom. The van der Waals surface area contributed by atoms with Gasteiger partial charge in [-0.3, -0.25) is 4.99 Å². The summed E-state index contributed by atoms with van der Waals surface area (Å²) < 4.78 is 0. The minimum atomic E-state index is -0.125. The van der Waals surface area contributed by atoms with E-state index in [0.29, 0.717) is 6.04 Å². The van der Waals surface area contributed by atoms with Gasteiger partial charge in [-0.25, -0.2) is 0 Å². The molecule has 0 atom stereocenters. The van der Waals surface area contributed by atoms with Crippen LogP contribution in [-0.2, 0) is 5.41 Å². The van der Waals surface area contributed by atoms with Crippen LogP contribution in [0.15, 0.2) is 29.3 Å². The molecule has 3 N–H and O–H groups in total. The molecule has 0 unspecified atom stereocenters. The second-order valence-electron chi connectivity index (χ2n) is 7.14. The van der Waals surface area contributed by atoms with Crippen molar-refractivity contribution in [1.29, 1.82) is 0 Å². The molecule has 2 aliphatic carbocycles. The molecule has 0 saturated heterocycles. The highest BCUT2D eigenvalue weighted by Gasteiger charge is 2.44. The normalized spacial score (nSPS) is 26.0. The lowest BCUT2D eigenvalue weighted by Crippen LogP contribution is -2.45. The van der Waals surface area contributed by atoms with Gasteiger partial charge in [-0.1, -0.05) is 23.7 Å². The van der Waals surface area contributed by atoms with E-state index in [9.17, 15) is 5.11 Å². The number of benzene rings is 1. The Morgan fingerprint density at radius 3 is 2.67 bits per heavy atom. The Balaban J connectivity index is 1.63. The van der Waals surface area contributed by atoms with Crippen LogP contribution in [0.4, 0.5) is 0 Å². The second kappa shape index (κ2) is 7.75. The number of aliphatic hydroxyl groups is 1. The van der Waals surface area contributed by atoms with Crippen molar-refractivity contribution in [2.45, 2.75) is 63.0 Å². The molecule has 2 aliphatic rings. The average molecular weight is 350 g/mol. The first-order chi connectivity index (χ1) is 11.6. The molecule has 0 aliphatic heterocycles. The van der Waals surface area contributed by atoms with Crippen molar-refractivity contribution < 1.29 is 5.11 Å². The van der Waals surface area contributed by atoms with Gasteiger partial charge in [0, 0.05) is 23.0 Å². The van der Waals surface area contributed by atoms with Crippen LogP contribution >= 0.6 is 11.6 Å². The molecule has 24 heavy (non-hydrogen) atoms. The van der Waals surface area contributed by atoms with E-state index in [4.69, 9.17) is 16.6 Å². The summed E-state index contributed by atoms with van der Waals surface area (Å²) in [5, 5.41) is 17.3. The number of aliphatic imine (C=N–C) groups is 1. The van der Waals surface area contributed by atoms with Crippen LogP contribution in [0.5, 0.6) is 0 Å². The highest BCUT2D eigenvalue weighted by Crippen LogP contribution is 2.48. The maximum Gasteiger partial charge on any atom is 0.191 e. The molecule has 0 radical (unpaired) electrons. The van der Waals surface area contributed by atoms with Crippen molar-refractivity contribution in [3.63, 3.8) is 0 Å². The van der Waals surface area contributed by atoms with Gasteiger partial charge in [-0.2, -0.15) is 0 Å². The van der Waals surface area contributed by atoms with Gasteiger partial charge in [0.05, 0.1) is 12.6 Å². The van der Waals surface area contributed by atoms with Gasteiger partial charge < -0.3 is 15.7 Å². The van der Waals surface area contributed by atoms with Gasteiger partial charge in [0.25, 0.3) is 0 Å². The van der Waals surface area contributed by atoms with Gasteiger partial charge in [-0.15, -0.1) is 0 Å². The lowest BCUT2D eigenvalue weighted by molar-refractivity contribution is 0.120. The maximum absolute atomic E-state index is 9.65. The molecule has 0 bridgehead atoms. The SMILES string of the molecule is CCNC(=NCC1(c2cccc(Cl)c2)CC1)NC1CCC(O)CC1. The van der Waals surface area contributed by atoms with E-state index in [1.165, 1.54) is 18.4 Å². The van der Waals surface area contributed by atoms with Gasteiger partial charge in [0.1, 0.15) is 0 Å². The number of rotatable bonds is 5. The number of halogens is 1. The first kappa shape index (κ1) is 17.6. The van der Waals surface area contributed by atoms with E-state index in [1.807, 2.05) is 12.1 Å². The van der Waals surface area contributed by atoms with E-state index in [0.717, 1.165) is 49.8 Å². The molecule has 5 heteroatoms. The van der Waals surface area contributed by atoms with Crippen molar-refractivity contribution in [2.75, 3.05) is 13.1 Å². The number of hydrogen-bond acceptors (Lipinski definition) is 2. The molecule has 2 fully saturated rings. The van der Waals surface area contributed by atoms with Crippen molar-refractivity contribution in [3.8, 4) is 0 Å². The largest absolute Gasteiger partial charge is 0.393 e. The summed E-state index contributed by atoms with van der Waals surface area (Å²) >= 11 is 6.15. The van der Waals surface area contributed by atoms with Gasteiger partial charge >= 0.3 is 0 Å². The predicted octanol–water partition coefficient (Wildman–Crippen LogP) is 3.23. The fourth-order valence-corrected chi connectivity index (χ4v) is 3.66. The van der Waals surface area contributed by atoms with Crippen molar-refractivity contribution in [1.82, 2.24) is 10.6 Å². The van der Waals surface area contributed by atoms with E-state index in [1.54, 1.807) is 0 Å². The quantitative estimate of drug-likeness (QED) is 0.565. The van der Waals surface area contributed by atoms with Crippen LogP contribution in [-0.4, -0.2) is 36.3 Å². The minimum Gasteiger partial charge on any atom is -0.393 e. The molecule has 3 rings (SSSR count). The second-order valence-corrected chi connectivity index (χ2v) is 7.57. The summed E-state index contributed by atoms with van der Waals surface area (Å²) in [7, 11) is 0. The Bertz CT molecular complexity index is 578. The van der Waals surface area contributed by atoms with E-state index >= 15 is 0 Å². The highest BCUT2D eigenvalue weighted by molar-refractivity contribution is 6.30. The number of hydrogen-bond donors (Lipinski definition) is 3. The van der Waals surface area contributed by atoms with Crippen LogP contribution in [0.3, 0.4) is 0 Å². The fraction of sp³-hybridized carbons (Fsp3) is 0.632. The molecule has 1 aromatic carbocycles. The number of aliphatic hydroxyl groups excluding tert-OH is 1. The van der Waals surface area contributed by atoms with E-state index < -0.39 is 0 Å². The summed E-state index contributed by atoms with van der Waals surface area (Å²) in [6, 6.07) is 8.60. The molecule has 0 amide bonds. The Kier molecular flexibility index (Phi) is 5.67. The van der Waals surface area contributed by atoms with Crippen molar-refractivity contribution in [2.24, 2.45) is 4.99 Å². The summed E-state index contributed by atoms with van der Waals surface area (Å²) in [5.74, 6) is 0.896.